The van der Waals surface area contributed by atoms with Crippen LogP contribution in [0.25, 0.3) is 22.2 Å². The van der Waals surface area contributed by atoms with E-state index in [2.05, 4.69) is 69.9 Å². The number of para-hydroxylation sites is 2. The first kappa shape index (κ1) is 14.7. The standard InChI is InChI=1S/C21H19N3/c1-2-8-17(9-3-1)18-10-6-7-16(13-18)14-22-15-21-23-19-11-4-5-12-20(19)24-21/h1-13,22H,14-15H2,(H,23,24). The van der Waals surface area contributed by atoms with Crippen molar-refractivity contribution in [2.24, 2.45) is 0 Å². The Kier molecular flexibility index (Phi) is 4.09. The summed E-state index contributed by atoms with van der Waals surface area (Å²) in [7, 11) is 0. The number of benzene rings is 3. The van der Waals surface area contributed by atoms with Crippen LogP contribution in [0.2, 0.25) is 0 Å². The molecule has 0 bridgehead atoms. The van der Waals surface area contributed by atoms with Crippen molar-refractivity contribution >= 4 is 11.0 Å². The minimum atomic E-state index is 0.726. The maximum absolute atomic E-state index is 4.59. The van der Waals surface area contributed by atoms with Crippen molar-refractivity contribution in [2.75, 3.05) is 0 Å². The van der Waals surface area contributed by atoms with E-state index in [0.29, 0.717) is 0 Å². The van der Waals surface area contributed by atoms with Crippen molar-refractivity contribution in [3.05, 3.63) is 90.3 Å². The summed E-state index contributed by atoms with van der Waals surface area (Å²) in [6.45, 7) is 1.54. The Hall–Kier alpha value is -2.91. The fourth-order valence-corrected chi connectivity index (χ4v) is 2.91. The summed E-state index contributed by atoms with van der Waals surface area (Å²) in [5, 5.41) is 3.46. The molecule has 0 atom stereocenters. The fourth-order valence-electron chi connectivity index (χ4n) is 2.91. The smallest absolute Gasteiger partial charge is 0.121 e. The summed E-state index contributed by atoms with van der Waals surface area (Å²) in [4.78, 5) is 7.94. The second kappa shape index (κ2) is 6.69. The first-order chi connectivity index (χ1) is 11.9. The highest BCUT2D eigenvalue weighted by molar-refractivity contribution is 5.74. The Morgan fingerprint density at radius 3 is 2.42 bits per heavy atom. The molecule has 1 aromatic heterocycles. The maximum atomic E-state index is 4.59. The Balaban J connectivity index is 1.42. The minimum Gasteiger partial charge on any atom is -0.341 e. The van der Waals surface area contributed by atoms with Crippen molar-refractivity contribution in [1.82, 2.24) is 15.3 Å². The van der Waals surface area contributed by atoms with E-state index in [1.54, 1.807) is 0 Å². The number of rotatable bonds is 5. The van der Waals surface area contributed by atoms with Crippen LogP contribution >= 0.6 is 0 Å². The molecule has 4 aromatic rings. The normalized spacial score (nSPS) is 11.0. The maximum Gasteiger partial charge on any atom is 0.121 e. The zero-order valence-corrected chi connectivity index (χ0v) is 13.4. The molecule has 0 amide bonds. The molecular formula is C21H19N3. The molecule has 0 spiro atoms. The van der Waals surface area contributed by atoms with Gasteiger partial charge in [0.05, 0.1) is 17.6 Å². The van der Waals surface area contributed by atoms with Gasteiger partial charge in [-0.1, -0.05) is 60.7 Å². The molecule has 4 rings (SSSR count). The zero-order valence-electron chi connectivity index (χ0n) is 13.4. The fraction of sp³-hybridized carbons (Fsp3) is 0.0952. The topological polar surface area (TPSA) is 40.7 Å². The molecule has 0 saturated heterocycles. The lowest BCUT2D eigenvalue weighted by Crippen LogP contribution is -2.13. The lowest BCUT2D eigenvalue weighted by Gasteiger charge is -2.06. The third kappa shape index (κ3) is 3.21. The van der Waals surface area contributed by atoms with E-state index < -0.39 is 0 Å². The average molecular weight is 313 g/mol. The Labute approximate surface area is 141 Å². The molecule has 0 aliphatic rings. The van der Waals surface area contributed by atoms with Crippen molar-refractivity contribution in [3.63, 3.8) is 0 Å². The van der Waals surface area contributed by atoms with Crippen molar-refractivity contribution in [3.8, 4) is 11.1 Å². The van der Waals surface area contributed by atoms with Crippen molar-refractivity contribution in [2.45, 2.75) is 13.1 Å². The lowest BCUT2D eigenvalue weighted by atomic mass is 10.0. The van der Waals surface area contributed by atoms with Gasteiger partial charge in [-0.3, -0.25) is 0 Å². The first-order valence-corrected chi connectivity index (χ1v) is 8.17. The highest BCUT2D eigenvalue weighted by Crippen LogP contribution is 2.20. The number of aromatic nitrogens is 2. The zero-order chi connectivity index (χ0) is 16.2. The highest BCUT2D eigenvalue weighted by Gasteiger charge is 2.02. The third-order valence-corrected chi connectivity index (χ3v) is 4.09. The highest BCUT2D eigenvalue weighted by atomic mass is 15.0. The van der Waals surface area contributed by atoms with Gasteiger partial charge in [-0.15, -0.1) is 0 Å². The Morgan fingerprint density at radius 2 is 1.54 bits per heavy atom. The molecule has 24 heavy (non-hydrogen) atoms. The van der Waals surface area contributed by atoms with Gasteiger partial charge in [0.15, 0.2) is 0 Å². The predicted molar refractivity (Wildman–Crippen MR) is 98.5 cm³/mol. The van der Waals surface area contributed by atoms with Gasteiger partial charge in [0.1, 0.15) is 5.82 Å². The molecule has 118 valence electrons. The van der Waals surface area contributed by atoms with Crippen LogP contribution in [0.5, 0.6) is 0 Å². The SMILES string of the molecule is c1ccc(-c2cccc(CNCc3nc4ccccc4[nH]3)c2)cc1. The quantitative estimate of drug-likeness (QED) is 0.569. The number of nitrogens with zero attached hydrogens (tertiary/aromatic N) is 1. The van der Waals surface area contributed by atoms with Crippen LogP contribution in [0.1, 0.15) is 11.4 Å². The van der Waals surface area contributed by atoms with E-state index >= 15 is 0 Å². The van der Waals surface area contributed by atoms with Crippen LogP contribution < -0.4 is 5.32 Å². The van der Waals surface area contributed by atoms with Gasteiger partial charge in [-0.2, -0.15) is 0 Å². The first-order valence-electron chi connectivity index (χ1n) is 8.17. The van der Waals surface area contributed by atoms with Gasteiger partial charge in [0.25, 0.3) is 0 Å². The summed E-state index contributed by atoms with van der Waals surface area (Å²) in [6, 6.07) is 27.2. The molecular weight excluding hydrogens is 294 g/mol. The monoisotopic (exact) mass is 313 g/mol. The summed E-state index contributed by atoms with van der Waals surface area (Å²) in [5.41, 5.74) is 5.86. The van der Waals surface area contributed by atoms with E-state index in [1.165, 1.54) is 16.7 Å². The number of imidazole rings is 1. The molecule has 0 aliphatic heterocycles. The predicted octanol–water partition coefficient (Wildman–Crippen LogP) is 4.52. The summed E-state index contributed by atoms with van der Waals surface area (Å²) in [5.74, 6) is 0.968. The van der Waals surface area contributed by atoms with Gasteiger partial charge >= 0.3 is 0 Å². The number of hydrogen-bond acceptors (Lipinski definition) is 2. The summed E-state index contributed by atoms with van der Waals surface area (Å²) >= 11 is 0. The number of fused-ring (bicyclic) bond motifs is 1. The number of H-pyrrole nitrogens is 1. The van der Waals surface area contributed by atoms with Gasteiger partial charge < -0.3 is 10.3 Å². The Bertz CT molecular complexity index is 908. The minimum absolute atomic E-state index is 0.726. The Morgan fingerprint density at radius 1 is 0.750 bits per heavy atom. The second-order valence-corrected chi connectivity index (χ2v) is 5.87. The van der Waals surface area contributed by atoms with Crippen molar-refractivity contribution < 1.29 is 0 Å². The molecule has 0 saturated carbocycles. The number of hydrogen-bond donors (Lipinski definition) is 2. The molecule has 0 radical (unpaired) electrons. The molecule has 0 aliphatic carbocycles. The van der Waals surface area contributed by atoms with E-state index in [0.717, 1.165) is 29.9 Å². The van der Waals surface area contributed by atoms with Gasteiger partial charge in [-0.25, -0.2) is 4.98 Å². The van der Waals surface area contributed by atoms with Crippen LogP contribution in [0.15, 0.2) is 78.9 Å². The van der Waals surface area contributed by atoms with E-state index in [9.17, 15) is 0 Å². The summed E-state index contributed by atoms with van der Waals surface area (Å²) < 4.78 is 0. The van der Waals surface area contributed by atoms with Crippen molar-refractivity contribution in [1.29, 1.82) is 0 Å². The second-order valence-electron chi connectivity index (χ2n) is 5.87. The average Bonchev–Trinajstić information content (AvgIpc) is 3.05. The van der Waals surface area contributed by atoms with Crippen LogP contribution in [-0.2, 0) is 13.1 Å². The number of aromatic amines is 1. The molecule has 2 N–H and O–H groups in total. The molecule has 3 nitrogen and oxygen atoms in total. The van der Waals surface area contributed by atoms with Crippen LogP contribution in [0, 0.1) is 0 Å². The molecule has 0 fully saturated rings. The number of nitrogens with one attached hydrogen (secondary N) is 2. The van der Waals surface area contributed by atoms with Gasteiger partial charge in [0.2, 0.25) is 0 Å². The van der Waals surface area contributed by atoms with E-state index in [4.69, 9.17) is 0 Å². The van der Waals surface area contributed by atoms with Crippen LogP contribution in [0.3, 0.4) is 0 Å². The molecule has 1 heterocycles. The molecule has 3 heteroatoms. The molecule has 0 unspecified atom stereocenters. The van der Waals surface area contributed by atoms with Gasteiger partial charge in [0, 0.05) is 6.54 Å². The largest absolute Gasteiger partial charge is 0.341 e. The van der Waals surface area contributed by atoms with Crippen LogP contribution in [0.4, 0.5) is 0 Å². The third-order valence-electron chi connectivity index (χ3n) is 4.09. The van der Waals surface area contributed by atoms with Crippen LogP contribution in [-0.4, -0.2) is 9.97 Å². The van der Waals surface area contributed by atoms with E-state index in [-0.39, 0.29) is 0 Å². The van der Waals surface area contributed by atoms with E-state index in [1.807, 2.05) is 24.3 Å². The lowest BCUT2D eigenvalue weighted by molar-refractivity contribution is 0.670. The van der Waals surface area contributed by atoms with Gasteiger partial charge in [-0.05, 0) is 34.9 Å². The molecule has 3 aromatic carbocycles. The summed E-state index contributed by atoms with van der Waals surface area (Å²) in [6.07, 6.45) is 0.